The summed E-state index contributed by atoms with van der Waals surface area (Å²) in [5, 5.41) is 12.8. The van der Waals surface area contributed by atoms with Crippen molar-refractivity contribution in [2.24, 2.45) is 11.3 Å². The number of aliphatic hydroxyl groups is 1. The highest BCUT2D eigenvalue weighted by Crippen LogP contribution is 2.35. The molecule has 2 heteroatoms. The van der Waals surface area contributed by atoms with E-state index in [1.807, 2.05) is 0 Å². The summed E-state index contributed by atoms with van der Waals surface area (Å²) in [5.74, 6) is 0.755. The Bertz CT molecular complexity index is 141. The van der Waals surface area contributed by atoms with Crippen LogP contribution in [-0.2, 0) is 0 Å². The fourth-order valence-corrected chi connectivity index (χ4v) is 2.27. The van der Waals surface area contributed by atoms with Gasteiger partial charge in [-0.3, -0.25) is 0 Å². The highest BCUT2D eigenvalue weighted by molar-refractivity contribution is 4.85. The third-order valence-electron chi connectivity index (χ3n) is 3.48. The van der Waals surface area contributed by atoms with Gasteiger partial charge in [0, 0.05) is 6.61 Å². The maximum Gasteiger partial charge on any atom is 0.0488 e. The first-order valence-corrected chi connectivity index (χ1v) is 5.54. The van der Waals surface area contributed by atoms with Crippen LogP contribution in [0.25, 0.3) is 0 Å². The lowest BCUT2D eigenvalue weighted by molar-refractivity contribution is 0.0647. The van der Waals surface area contributed by atoms with E-state index in [1.165, 1.54) is 12.8 Å². The number of aliphatic hydroxyl groups excluding tert-OH is 1. The monoisotopic (exact) mass is 185 g/mol. The molecule has 1 atom stereocenters. The third kappa shape index (κ3) is 2.96. The summed E-state index contributed by atoms with van der Waals surface area (Å²) < 4.78 is 0. The summed E-state index contributed by atoms with van der Waals surface area (Å²) in [6, 6.07) is 0. The molecular weight excluding hydrogens is 162 g/mol. The summed E-state index contributed by atoms with van der Waals surface area (Å²) in [6.07, 6.45) is 4.72. The molecule has 0 aromatic heterocycles. The summed E-state index contributed by atoms with van der Waals surface area (Å²) in [7, 11) is 0. The molecule has 1 rings (SSSR count). The molecule has 0 saturated carbocycles. The van der Waals surface area contributed by atoms with E-state index in [0.717, 1.165) is 31.8 Å². The van der Waals surface area contributed by atoms with Crippen LogP contribution in [-0.4, -0.2) is 24.8 Å². The van der Waals surface area contributed by atoms with E-state index in [1.54, 1.807) is 0 Å². The Balaban J connectivity index is 2.47. The molecule has 0 aromatic carbocycles. The third-order valence-corrected chi connectivity index (χ3v) is 3.48. The van der Waals surface area contributed by atoms with Gasteiger partial charge >= 0.3 is 0 Å². The van der Waals surface area contributed by atoms with Crippen molar-refractivity contribution in [2.75, 3.05) is 19.7 Å². The molecule has 2 nitrogen and oxygen atoms in total. The molecule has 1 unspecified atom stereocenters. The molecule has 0 bridgehead atoms. The molecule has 1 fully saturated rings. The van der Waals surface area contributed by atoms with Gasteiger partial charge in [0.15, 0.2) is 0 Å². The van der Waals surface area contributed by atoms with Crippen LogP contribution < -0.4 is 5.32 Å². The molecule has 1 heterocycles. The molecule has 1 aliphatic rings. The molecule has 0 radical (unpaired) electrons. The summed E-state index contributed by atoms with van der Waals surface area (Å²) in [4.78, 5) is 0. The zero-order valence-corrected chi connectivity index (χ0v) is 8.97. The minimum absolute atomic E-state index is 0.237. The van der Waals surface area contributed by atoms with Crippen LogP contribution in [0.15, 0.2) is 0 Å². The average molecular weight is 185 g/mol. The van der Waals surface area contributed by atoms with Gasteiger partial charge < -0.3 is 10.4 Å². The lowest BCUT2D eigenvalue weighted by Gasteiger charge is -2.37. The van der Waals surface area contributed by atoms with Crippen molar-refractivity contribution in [1.29, 1.82) is 0 Å². The molecule has 2 N–H and O–H groups in total. The predicted octanol–water partition coefficient (Wildman–Crippen LogP) is 1.78. The van der Waals surface area contributed by atoms with Crippen molar-refractivity contribution in [2.45, 2.75) is 39.5 Å². The molecule has 0 spiro atoms. The van der Waals surface area contributed by atoms with E-state index in [4.69, 9.17) is 0 Å². The van der Waals surface area contributed by atoms with Crippen molar-refractivity contribution < 1.29 is 5.11 Å². The van der Waals surface area contributed by atoms with Crippen LogP contribution in [0.1, 0.15) is 39.5 Å². The smallest absolute Gasteiger partial charge is 0.0488 e. The van der Waals surface area contributed by atoms with E-state index >= 15 is 0 Å². The first kappa shape index (κ1) is 11.0. The summed E-state index contributed by atoms with van der Waals surface area (Å²) >= 11 is 0. The summed E-state index contributed by atoms with van der Waals surface area (Å²) in [5.41, 5.74) is 0.237. The fourth-order valence-electron chi connectivity index (χ4n) is 2.27. The zero-order chi connectivity index (χ0) is 9.73. The van der Waals surface area contributed by atoms with Crippen LogP contribution in [0.3, 0.4) is 0 Å². The van der Waals surface area contributed by atoms with Gasteiger partial charge in [-0.05, 0) is 43.7 Å². The number of rotatable bonds is 4. The van der Waals surface area contributed by atoms with Gasteiger partial charge in [-0.15, -0.1) is 0 Å². The molecule has 0 aliphatic carbocycles. The second-order valence-corrected chi connectivity index (χ2v) is 4.63. The summed E-state index contributed by atoms with van der Waals surface area (Å²) in [6.45, 7) is 7.06. The van der Waals surface area contributed by atoms with Gasteiger partial charge in [-0.2, -0.15) is 0 Å². The Kier molecular flexibility index (Phi) is 4.20. The van der Waals surface area contributed by atoms with Crippen molar-refractivity contribution in [1.82, 2.24) is 5.32 Å². The Morgan fingerprint density at radius 1 is 1.38 bits per heavy atom. The number of hydrogen-bond acceptors (Lipinski definition) is 2. The molecule has 0 amide bonds. The second-order valence-electron chi connectivity index (χ2n) is 4.63. The average Bonchev–Trinajstić information content (AvgIpc) is 2.19. The molecule has 0 aromatic rings. The SMILES string of the molecule is CCC(C)CC1(CO)CCNCC1. The fraction of sp³-hybridized carbons (Fsp3) is 1.00. The first-order chi connectivity index (χ1) is 6.22. The lowest BCUT2D eigenvalue weighted by Crippen LogP contribution is -2.40. The highest BCUT2D eigenvalue weighted by atomic mass is 16.3. The highest BCUT2D eigenvalue weighted by Gasteiger charge is 2.32. The van der Waals surface area contributed by atoms with E-state index < -0.39 is 0 Å². The van der Waals surface area contributed by atoms with Crippen LogP contribution >= 0.6 is 0 Å². The minimum atomic E-state index is 0.237. The molecule has 1 saturated heterocycles. The van der Waals surface area contributed by atoms with Gasteiger partial charge in [0.2, 0.25) is 0 Å². The van der Waals surface area contributed by atoms with Crippen molar-refractivity contribution in [3.05, 3.63) is 0 Å². The molecule has 78 valence electrons. The lowest BCUT2D eigenvalue weighted by atomic mass is 9.73. The number of nitrogens with one attached hydrogen (secondary N) is 1. The topological polar surface area (TPSA) is 32.3 Å². The second kappa shape index (κ2) is 4.97. The molecular formula is C11H23NO. The predicted molar refractivity (Wildman–Crippen MR) is 55.7 cm³/mol. The maximum absolute atomic E-state index is 9.46. The largest absolute Gasteiger partial charge is 0.396 e. The zero-order valence-electron chi connectivity index (χ0n) is 8.97. The van der Waals surface area contributed by atoms with Crippen LogP contribution in [0.2, 0.25) is 0 Å². The normalized spacial score (nSPS) is 24.2. The molecule has 13 heavy (non-hydrogen) atoms. The Labute approximate surface area is 81.7 Å². The van der Waals surface area contributed by atoms with E-state index in [0.29, 0.717) is 6.61 Å². The van der Waals surface area contributed by atoms with E-state index in [2.05, 4.69) is 19.2 Å². The van der Waals surface area contributed by atoms with Gasteiger partial charge in [0.1, 0.15) is 0 Å². The number of piperidine rings is 1. The first-order valence-electron chi connectivity index (χ1n) is 5.54. The van der Waals surface area contributed by atoms with Gasteiger partial charge in [-0.25, -0.2) is 0 Å². The van der Waals surface area contributed by atoms with Crippen LogP contribution in [0.4, 0.5) is 0 Å². The quantitative estimate of drug-likeness (QED) is 0.700. The molecule has 1 aliphatic heterocycles. The van der Waals surface area contributed by atoms with Gasteiger partial charge in [-0.1, -0.05) is 20.3 Å². The Morgan fingerprint density at radius 2 is 2.00 bits per heavy atom. The minimum Gasteiger partial charge on any atom is -0.396 e. The number of hydrogen-bond donors (Lipinski definition) is 2. The Morgan fingerprint density at radius 3 is 2.46 bits per heavy atom. The standard InChI is InChI=1S/C11H23NO/c1-3-10(2)8-11(9-13)4-6-12-7-5-11/h10,12-13H,3-9H2,1-2H3. The maximum atomic E-state index is 9.46. The van der Waals surface area contributed by atoms with Gasteiger partial charge in [0.05, 0.1) is 0 Å². The van der Waals surface area contributed by atoms with Crippen LogP contribution in [0.5, 0.6) is 0 Å². The van der Waals surface area contributed by atoms with Crippen molar-refractivity contribution >= 4 is 0 Å². The van der Waals surface area contributed by atoms with E-state index in [-0.39, 0.29) is 5.41 Å². The van der Waals surface area contributed by atoms with E-state index in [9.17, 15) is 5.11 Å². The van der Waals surface area contributed by atoms with Crippen molar-refractivity contribution in [3.63, 3.8) is 0 Å². The Hall–Kier alpha value is -0.0800. The van der Waals surface area contributed by atoms with Crippen molar-refractivity contribution in [3.8, 4) is 0 Å². The van der Waals surface area contributed by atoms with Gasteiger partial charge in [0.25, 0.3) is 0 Å². The van der Waals surface area contributed by atoms with Crippen LogP contribution in [0, 0.1) is 11.3 Å².